The number of amides is 1. The predicted molar refractivity (Wildman–Crippen MR) is 505 cm³/mol. The van der Waals surface area contributed by atoms with Crippen LogP contribution < -0.4 is 55.1 Å². The van der Waals surface area contributed by atoms with Gasteiger partial charge < -0.3 is 68.4 Å². The van der Waals surface area contributed by atoms with Crippen LogP contribution in [0.25, 0.3) is 82.5 Å². The number of hydrogen-bond donors (Lipinski definition) is 17. The minimum absolute atomic E-state index is 0.129. The average Bonchev–Trinajstić information content (AvgIpc) is 1.61. The smallest absolute Gasteiger partial charge is 0.295 e. The molecule has 0 fully saturated rings. The van der Waals surface area contributed by atoms with Gasteiger partial charge in [-0.3, -0.25) is 48.9 Å². The molecule has 0 radical (unpaired) electrons. The monoisotopic (exact) mass is 1970 g/mol. The van der Waals surface area contributed by atoms with Gasteiger partial charge in [0, 0.05) is 64.9 Å². The molecule has 0 aliphatic rings. The molecule has 15 aromatic heterocycles. The van der Waals surface area contributed by atoms with E-state index < -0.39 is 5.91 Å². The first-order valence-corrected chi connectivity index (χ1v) is 40.9. The van der Waals surface area contributed by atoms with Gasteiger partial charge in [0.1, 0.15) is 34.9 Å². The number of imidazole rings is 7. The van der Waals surface area contributed by atoms with Crippen molar-refractivity contribution in [3.05, 3.63) is 305 Å². The lowest BCUT2D eigenvalue weighted by Gasteiger charge is -2.09. The highest BCUT2D eigenvalue weighted by Crippen LogP contribution is 2.28. The number of hydrogen-bond acceptors (Lipinski definition) is 28. The molecule has 52 heteroatoms. The lowest BCUT2D eigenvalue weighted by molar-refractivity contribution is 0.0997. The van der Waals surface area contributed by atoms with Gasteiger partial charge in [0.2, 0.25) is 23.8 Å². The van der Waals surface area contributed by atoms with Crippen LogP contribution in [0.5, 0.6) is 0 Å². The second-order valence-electron chi connectivity index (χ2n) is 26.2. The van der Waals surface area contributed by atoms with Gasteiger partial charge in [0.05, 0.1) is 43.0 Å². The van der Waals surface area contributed by atoms with E-state index in [0.29, 0.717) is 127 Å². The topological polar surface area (TPSA) is 595 Å². The molecule has 0 aliphatic carbocycles. The number of rotatable bonds is 12. The Balaban J connectivity index is 0.000000136. The van der Waals surface area contributed by atoms with Gasteiger partial charge in [-0.05, 0) is 189 Å². The summed E-state index contributed by atoms with van der Waals surface area (Å²) >= 11 is 48.8. The van der Waals surface area contributed by atoms with Crippen LogP contribution in [0.3, 0.4) is 0 Å². The van der Waals surface area contributed by atoms with Gasteiger partial charge in [0.25, 0.3) is 35.9 Å². The van der Waals surface area contributed by atoms with Crippen molar-refractivity contribution >= 4 is 240 Å². The number of aryl methyl sites for hydroxylation is 4. The lowest BCUT2D eigenvalue weighted by Crippen LogP contribution is -2.13. The van der Waals surface area contributed by atoms with Gasteiger partial charge in [-0.2, -0.15) is 45.1 Å². The van der Waals surface area contributed by atoms with E-state index in [2.05, 4.69) is 182 Å². The molecule has 5 aromatic carbocycles. The number of aromatic amines is 10. The number of nitrogen functional groups attached to an aromatic ring is 2. The normalized spacial score (nSPS) is 10.4. The van der Waals surface area contributed by atoms with Gasteiger partial charge in [0.15, 0.2) is 81.9 Å². The maximum atomic E-state index is 11.7. The molecule has 1 amide bonds. The van der Waals surface area contributed by atoms with Crippen molar-refractivity contribution in [3.8, 4) is 5.82 Å². The van der Waals surface area contributed by atoms with Crippen molar-refractivity contribution < 1.29 is 4.79 Å². The minimum atomic E-state index is -0.593. The fourth-order valence-corrected chi connectivity index (χ4v) is 12.5. The molecule has 0 bridgehead atoms. The quantitative estimate of drug-likeness (QED) is 0.0178. The highest BCUT2D eigenvalue weighted by Gasteiger charge is 2.20. The molecule has 0 aliphatic heterocycles. The number of carbonyl (C=O) groups excluding carboxylic acids is 1. The maximum Gasteiger partial charge on any atom is 0.295 e. The zero-order valence-corrected chi connectivity index (χ0v) is 75.0. The molecule has 20 aromatic rings. The van der Waals surface area contributed by atoms with Crippen molar-refractivity contribution in [3.63, 3.8) is 0 Å². The van der Waals surface area contributed by atoms with E-state index >= 15 is 0 Å². The van der Waals surface area contributed by atoms with E-state index in [4.69, 9.17) is 124 Å². The Labute approximate surface area is 778 Å². The number of nitrogens with one attached hydrogen (secondary N) is 14. The van der Waals surface area contributed by atoms with E-state index in [9.17, 15) is 19.2 Å². The van der Waals surface area contributed by atoms with E-state index in [-0.39, 0.29) is 51.5 Å². The Kier molecular flexibility index (Phi) is 31.7. The van der Waals surface area contributed by atoms with Crippen LogP contribution in [0, 0.1) is 45.6 Å². The Hall–Kier alpha value is -15.6. The van der Waals surface area contributed by atoms with Crippen LogP contribution in [-0.2, 0) is 13.3 Å². The number of fused-ring (bicyclic) bond motifs is 6. The molecule has 130 heavy (non-hydrogen) atoms. The molecular weight excluding hydrogens is 1910 g/mol. The van der Waals surface area contributed by atoms with Crippen molar-refractivity contribution in [2.24, 2.45) is 5.73 Å². The summed E-state index contributed by atoms with van der Waals surface area (Å²) in [5, 5.41) is 27.3. The van der Waals surface area contributed by atoms with Crippen LogP contribution >= 0.6 is 109 Å². The number of halogens is 8. The summed E-state index contributed by atoms with van der Waals surface area (Å²) in [6.07, 6.45) is 10.3. The third kappa shape index (κ3) is 25.6. The van der Waals surface area contributed by atoms with Gasteiger partial charge in [-0.25, -0.2) is 66.8 Å². The van der Waals surface area contributed by atoms with Crippen LogP contribution in [0.4, 0.5) is 58.0 Å². The molecule has 0 unspecified atom stereocenters. The average molecular weight is 1970 g/mol. The fraction of sp³-hybridized carbons (Fsp3) is 0.0769. The molecular formula is C78H65BrCl7N39O4S. The summed E-state index contributed by atoms with van der Waals surface area (Å²) in [6, 6.07) is 39.7. The summed E-state index contributed by atoms with van der Waals surface area (Å²) in [5.41, 5.74) is 28.5. The zero-order chi connectivity index (χ0) is 92.7. The highest BCUT2D eigenvalue weighted by atomic mass is 79.9. The standard InChI is InChI=1S/C18H15ClN8.C13H8Cl2N6.C11H7Cl2N5.C11H8ClN5O.C6H6ClN.C5H3BrN4O.C5H4N4OS.C5H8N2.C4H6N4O/c1-11-8-12(2)27(25-11)17-15-16(26(9-20-3)10-21-15)23-18(24-17)22-14-6-4-13(19)5-7-14;1-16-6-21-7-17-10-11(15)19-13(20-12(10)21)18-9-4-2-8(14)3-5-9;12-6-1-3-7(4-2-6)16-11-17-9(13)8-10(18-11)15-5-14-8;12-6-1-3-7(4-2-6)15-11-16-9-8(10(18)17-11)13-5-14-9;7-5-1-3-6(8)4-2-5;6-5-9-3-2(4(11)10-5)7-1-8-3;10-4-2-3(7-1-6-2)8-5(11)9-4;1-4-3-5(2)7-6-4;5-3-2(4(6)9)7-1-8-3/h4-8,10H,9H2,1-2H3,(H,22,23,24);2-5,7H,6H2,(H,18,19,20);1-5H,(H2,14,15,16,17,18);1-5H,(H3,13,14,15,16,17,18);1-4H,8H2;1H,(H2,7,8,9,10,11);1H,(H3,6,7,8,9,10,11);3H,1-2H3,(H,6,7);1H,5H2,(H2,6,9)(H,7,8). The van der Waals surface area contributed by atoms with E-state index in [1.807, 2.05) is 64.1 Å². The molecule has 20 N–H and O–H groups in total. The number of nitrogens with two attached hydrogens (primary N) is 3. The summed E-state index contributed by atoms with van der Waals surface area (Å²) < 4.78 is 5.72. The first-order chi connectivity index (χ1) is 62.5. The van der Waals surface area contributed by atoms with Gasteiger partial charge in [-0.1, -0.05) is 81.2 Å². The second-order valence-corrected chi connectivity index (χ2v) is 30.2. The molecule has 658 valence electrons. The second kappa shape index (κ2) is 44.0. The maximum absolute atomic E-state index is 11.7. The third-order valence-corrected chi connectivity index (χ3v) is 19.1. The summed E-state index contributed by atoms with van der Waals surface area (Å²) in [4.78, 5) is 136. The molecule has 20 rings (SSSR count). The predicted octanol–water partition coefficient (Wildman–Crippen LogP) is 15.9. The van der Waals surface area contributed by atoms with E-state index in [1.165, 1.54) is 38.0 Å². The Bertz CT molecular complexity index is 7600. The minimum Gasteiger partial charge on any atom is -0.399 e. The summed E-state index contributed by atoms with van der Waals surface area (Å²) in [6.45, 7) is 22.2. The SMILES string of the molecule is Cc1cc(C)[nH]n1.Clc1ccc(Nc2nc(Cl)c3[nH]cnc3n2)cc1.NC(=O)c1[nH]cnc1N.Nc1ccc(Cl)cc1.O=c1[nH]c(=S)[nH]c2nc[nH]c12.O=c1[nH]c(Br)nc2nc[nH]c12.O=c1[nH]c(Nc2ccc(Cl)cc2)nc2nc[nH]c12.[C-]#[N+]Cn1cnc2c(-n3nc(C)cc3C)nc(Nc3ccc(Cl)cc3)nc21.[C-]#[N+]Cn1cnc2c(Cl)nc(Nc3ccc(Cl)cc3)nc21. The Morgan fingerprint density at radius 2 is 0.923 bits per heavy atom. The number of aromatic nitrogens is 30. The van der Waals surface area contributed by atoms with Crippen LogP contribution in [-0.4, -0.2) is 155 Å². The zero-order valence-electron chi connectivity index (χ0n) is 67.3. The van der Waals surface area contributed by atoms with Crippen molar-refractivity contribution in [2.45, 2.75) is 41.0 Å². The molecule has 0 atom stereocenters. The summed E-state index contributed by atoms with van der Waals surface area (Å²) in [5.74, 6) is 1.56. The largest absolute Gasteiger partial charge is 0.399 e. The molecule has 43 nitrogen and oxygen atoms in total. The van der Waals surface area contributed by atoms with Crippen LogP contribution in [0.15, 0.2) is 197 Å². The number of H-pyrrole nitrogens is 10. The van der Waals surface area contributed by atoms with Crippen molar-refractivity contribution in [2.75, 3.05) is 32.7 Å². The Morgan fingerprint density at radius 1 is 0.477 bits per heavy atom. The third-order valence-electron chi connectivity index (χ3n) is 16.7. The number of primary amides is 1. The molecule has 0 saturated carbocycles. The van der Waals surface area contributed by atoms with E-state index in [1.54, 1.807) is 117 Å². The number of nitrogens with zero attached hydrogens (tertiary/aromatic N) is 22. The first-order valence-electron chi connectivity index (χ1n) is 37.0. The Morgan fingerprint density at radius 3 is 1.39 bits per heavy atom. The van der Waals surface area contributed by atoms with Gasteiger partial charge >= 0.3 is 0 Å². The fourth-order valence-electron chi connectivity index (χ4n) is 10.9. The highest BCUT2D eigenvalue weighted by molar-refractivity contribution is 9.10. The first kappa shape index (κ1) is 93.6. The lowest BCUT2D eigenvalue weighted by atomic mass is 10.3. The summed E-state index contributed by atoms with van der Waals surface area (Å²) in [7, 11) is 0. The molecule has 15 heterocycles. The number of carbonyl (C=O) groups is 1. The number of anilines is 10. The van der Waals surface area contributed by atoms with Gasteiger partial charge in [-0.15, -0.1) is 0 Å². The van der Waals surface area contributed by atoms with Crippen molar-refractivity contribution in [1.29, 1.82) is 0 Å². The molecule has 0 saturated heterocycles. The van der Waals surface area contributed by atoms with Crippen LogP contribution in [0.1, 0.15) is 33.3 Å². The van der Waals surface area contributed by atoms with Crippen LogP contribution in [0.2, 0.25) is 35.4 Å². The van der Waals surface area contributed by atoms with E-state index in [0.717, 1.165) is 56.2 Å². The van der Waals surface area contributed by atoms with Crippen molar-refractivity contribution in [1.82, 2.24) is 149 Å². The molecule has 0 spiro atoms. The number of benzene rings is 5.